The molecule has 0 N–H and O–H groups in total. The molecule has 2 nitrogen and oxygen atoms in total. The standard InChI is InChI=1S/C15H25Cl3O2/c1-3-5-6-7-8-9-10-13(16)12(11-14(17)18)15(19)20-4-2/h11-13H,3-10H2,1-2H3/t12-,13+/m0/s1. The maximum absolute atomic E-state index is 11.8. The molecular formula is C15H25Cl3O2. The summed E-state index contributed by atoms with van der Waals surface area (Å²) in [6.45, 7) is 4.28. The van der Waals surface area contributed by atoms with Gasteiger partial charge in [-0.05, 0) is 19.4 Å². The first-order valence-electron chi connectivity index (χ1n) is 7.36. The van der Waals surface area contributed by atoms with Crippen LogP contribution in [0, 0.1) is 5.92 Å². The van der Waals surface area contributed by atoms with Crippen molar-refractivity contribution < 1.29 is 9.53 Å². The number of hydrogen-bond donors (Lipinski definition) is 0. The third-order valence-corrected chi connectivity index (χ3v) is 3.83. The summed E-state index contributed by atoms with van der Waals surface area (Å²) in [5.74, 6) is -0.936. The van der Waals surface area contributed by atoms with E-state index in [2.05, 4.69) is 6.92 Å². The number of alkyl halides is 1. The van der Waals surface area contributed by atoms with Crippen LogP contribution in [0.2, 0.25) is 0 Å². The lowest BCUT2D eigenvalue weighted by Gasteiger charge is -2.17. The van der Waals surface area contributed by atoms with Gasteiger partial charge in [-0.3, -0.25) is 4.79 Å². The molecule has 20 heavy (non-hydrogen) atoms. The molecule has 0 spiro atoms. The molecule has 0 bridgehead atoms. The van der Waals surface area contributed by atoms with E-state index in [0.717, 1.165) is 19.3 Å². The van der Waals surface area contributed by atoms with Crippen LogP contribution >= 0.6 is 34.8 Å². The number of carbonyl (C=O) groups excluding carboxylic acids is 1. The highest BCUT2D eigenvalue weighted by Gasteiger charge is 2.26. The lowest BCUT2D eigenvalue weighted by molar-refractivity contribution is -0.146. The van der Waals surface area contributed by atoms with E-state index in [1.54, 1.807) is 6.92 Å². The van der Waals surface area contributed by atoms with Crippen LogP contribution in [-0.4, -0.2) is 18.0 Å². The van der Waals surface area contributed by atoms with Crippen LogP contribution in [0.5, 0.6) is 0 Å². The number of hydrogen-bond acceptors (Lipinski definition) is 2. The fourth-order valence-electron chi connectivity index (χ4n) is 1.99. The molecule has 0 saturated heterocycles. The minimum Gasteiger partial charge on any atom is -0.465 e. The molecule has 0 aliphatic heterocycles. The van der Waals surface area contributed by atoms with Gasteiger partial charge in [-0.2, -0.15) is 0 Å². The highest BCUT2D eigenvalue weighted by atomic mass is 35.5. The number of carbonyl (C=O) groups is 1. The van der Waals surface area contributed by atoms with E-state index in [1.807, 2.05) is 0 Å². The summed E-state index contributed by atoms with van der Waals surface area (Å²) in [4.78, 5) is 11.8. The molecule has 0 fully saturated rings. The molecule has 0 unspecified atom stereocenters. The number of rotatable bonds is 11. The second-order valence-corrected chi connectivity index (χ2v) is 6.38. The summed E-state index contributed by atoms with van der Waals surface area (Å²) in [5.41, 5.74) is 0. The molecule has 0 heterocycles. The predicted molar refractivity (Wildman–Crippen MR) is 87.5 cm³/mol. The molecule has 0 aromatic carbocycles. The van der Waals surface area contributed by atoms with Crippen LogP contribution in [0.1, 0.15) is 58.8 Å². The van der Waals surface area contributed by atoms with Crippen LogP contribution in [0.4, 0.5) is 0 Å². The average Bonchev–Trinajstić information content (AvgIpc) is 2.39. The van der Waals surface area contributed by atoms with Gasteiger partial charge in [-0.1, -0.05) is 68.7 Å². The highest BCUT2D eigenvalue weighted by molar-refractivity contribution is 6.56. The Morgan fingerprint density at radius 2 is 1.70 bits per heavy atom. The van der Waals surface area contributed by atoms with Crippen molar-refractivity contribution in [1.29, 1.82) is 0 Å². The molecule has 0 rings (SSSR count). The van der Waals surface area contributed by atoms with Crippen molar-refractivity contribution in [1.82, 2.24) is 0 Å². The molecule has 0 aromatic rings. The van der Waals surface area contributed by atoms with Gasteiger partial charge in [0, 0.05) is 0 Å². The summed E-state index contributed by atoms with van der Waals surface area (Å²) in [7, 11) is 0. The summed E-state index contributed by atoms with van der Waals surface area (Å²) in [6.07, 6.45) is 9.36. The van der Waals surface area contributed by atoms with Gasteiger partial charge >= 0.3 is 5.97 Å². The molecule has 5 heteroatoms. The van der Waals surface area contributed by atoms with Gasteiger partial charge in [0.25, 0.3) is 0 Å². The lowest BCUT2D eigenvalue weighted by Crippen LogP contribution is -2.25. The first-order valence-corrected chi connectivity index (χ1v) is 8.55. The van der Waals surface area contributed by atoms with E-state index in [-0.39, 0.29) is 15.8 Å². The van der Waals surface area contributed by atoms with Gasteiger partial charge in [0.2, 0.25) is 0 Å². The van der Waals surface area contributed by atoms with Crippen molar-refractivity contribution in [2.24, 2.45) is 5.92 Å². The van der Waals surface area contributed by atoms with Gasteiger partial charge in [0.05, 0.1) is 17.9 Å². The Morgan fingerprint density at radius 1 is 1.10 bits per heavy atom. The number of esters is 1. The van der Waals surface area contributed by atoms with Crippen LogP contribution in [0.15, 0.2) is 10.6 Å². The van der Waals surface area contributed by atoms with E-state index in [0.29, 0.717) is 6.61 Å². The van der Waals surface area contributed by atoms with Crippen molar-refractivity contribution >= 4 is 40.8 Å². The quantitative estimate of drug-likeness (QED) is 0.267. The summed E-state index contributed by atoms with van der Waals surface area (Å²) in [6, 6.07) is 0. The zero-order valence-electron chi connectivity index (χ0n) is 12.3. The summed E-state index contributed by atoms with van der Waals surface area (Å²) >= 11 is 17.6. The molecule has 0 aromatic heterocycles. The van der Waals surface area contributed by atoms with Crippen molar-refractivity contribution in [2.45, 2.75) is 64.2 Å². The Bertz CT molecular complexity index is 289. The fraction of sp³-hybridized carbons (Fsp3) is 0.800. The van der Waals surface area contributed by atoms with E-state index in [9.17, 15) is 4.79 Å². The van der Waals surface area contributed by atoms with Crippen LogP contribution < -0.4 is 0 Å². The zero-order chi connectivity index (χ0) is 15.4. The van der Waals surface area contributed by atoms with Crippen LogP contribution in [0.3, 0.4) is 0 Å². The monoisotopic (exact) mass is 342 g/mol. The van der Waals surface area contributed by atoms with Crippen molar-refractivity contribution in [3.8, 4) is 0 Å². The number of halogens is 3. The molecule has 2 atom stereocenters. The summed E-state index contributed by atoms with van der Waals surface area (Å²) in [5, 5.41) is -0.326. The van der Waals surface area contributed by atoms with Gasteiger partial charge in [-0.25, -0.2) is 0 Å². The Morgan fingerprint density at radius 3 is 2.25 bits per heavy atom. The van der Waals surface area contributed by atoms with Crippen LogP contribution in [-0.2, 0) is 9.53 Å². The third-order valence-electron chi connectivity index (χ3n) is 3.09. The van der Waals surface area contributed by atoms with Gasteiger partial charge in [-0.15, -0.1) is 11.6 Å². The van der Waals surface area contributed by atoms with E-state index in [1.165, 1.54) is 31.8 Å². The van der Waals surface area contributed by atoms with Crippen molar-refractivity contribution in [3.63, 3.8) is 0 Å². The normalized spacial score (nSPS) is 13.7. The summed E-state index contributed by atoms with van der Waals surface area (Å²) < 4.78 is 5.05. The molecule has 0 aliphatic carbocycles. The number of unbranched alkanes of at least 4 members (excludes halogenated alkanes) is 5. The average molecular weight is 344 g/mol. The predicted octanol–water partition coefficient (Wildman–Crippen LogP) is 5.84. The Kier molecular flexibility index (Phi) is 12.8. The van der Waals surface area contributed by atoms with E-state index in [4.69, 9.17) is 39.5 Å². The first kappa shape index (κ1) is 20.1. The molecule has 0 amide bonds. The SMILES string of the molecule is CCCCCCCC[C@@H](Cl)[C@H](C=C(Cl)Cl)C(=O)OCC. The molecule has 0 radical (unpaired) electrons. The van der Waals surface area contributed by atoms with Gasteiger partial charge < -0.3 is 4.74 Å². The Labute approximate surface area is 137 Å². The second kappa shape index (κ2) is 12.8. The molecule has 0 aliphatic rings. The molecular weight excluding hydrogens is 319 g/mol. The Hall–Kier alpha value is 0.0800. The van der Waals surface area contributed by atoms with Gasteiger partial charge in [0.1, 0.15) is 4.49 Å². The lowest BCUT2D eigenvalue weighted by atomic mass is 9.99. The van der Waals surface area contributed by atoms with Crippen LogP contribution in [0.25, 0.3) is 0 Å². The smallest absolute Gasteiger partial charge is 0.314 e. The van der Waals surface area contributed by atoms with E-state index < -0.39 is 5.92 Å². The maximum atomic E-state index is 11.8. The van der Waals surface area contributed by atoms with E-state index >= 15 is 0 Å². The Balaban J connectivity index is 4.17. The largest absolute Gasteiger partial charge is 0.465 e. The first-order chi connectivity index (χ1) is 9.52. The topological polar surface area (TPSA) is 26.3 Å². The minimum atomic E-state index is -0.572. The molecule has 118 valence electrons. The van der Waals surface area contributed by atoms with Crippen molar-refractivity contribution in [3.05, 3.63) is 10.6 Å². The minimum absolute atomic E-state index is 0.0525. The highest BCUT2D eigenvalue weighted by Crippen LogP contribution is 2.24. The van der Waals surface area contributed by atoms with Crippen molar-refractivity contribution in [2.75, 3.05) is 6.61 Å². The fourth-order valence-corrected chi connectivity index (χ4v) is 2.59. The molecule has 0 saturated carbocycles. The third kappa shape index (κ3) is 9.90. The zero-order valence-corrected chi connectivity index (χ0v) is 14.6. The number of ether oxygens (including phenoxy) is 1. The maximum Gasteiger partial charge on any atom is 0.314 e. The second-order valence-electron chi connectivity index (χ2n) is 4.81. The van der Waals surface area contributed by atoms with Gasteiger partial charge in [0.15, 0.2) is 0 Å².